The molecule has 17 heavy (non-hydrogen) atoms. The molecule has 1 rings (SSSR count). The van der Waals surface area contributed by atoms with Crippen molar-refractivity contribution in [3.05, 3.63) is 40.9 Å². The van der Waals surface area contributed by atoms with Gasteiger partial charge < -0.3 is 10.6 Å². The number of halogens is 2. The van der Waals surface area contributed by atoms with Gasteiger partial charge >= 0.3 is 11.8 Å². The lowest BCUT2D eigenvalue weighted by molar-refractivity contribution is -0.136. The first-order valence-electron chi connectivity index (χ1n) is 4.69. The highest BCUT2D eigenvalue weighted by Gasteiger charge is 2.14. The minimum atomic E-state index is -0.809. The minimum absolute atomic E-state index is 0.218. The maximum atomic E-state index is 11.4. The maximum absolute atomic E-state index is 11.4. The number of anilines is 1. The van der Waals surface area contributed by atoms with Crippen LogP contribution in [0.25, 0.3) is 0 Å². The number of hydrogen-bond donors (Lipinski definition) is 2. The Morgan fingerprint density at radius 3 is 2.65 bits per heavy atom. The van der Waals surface area contributed by atoms with Crippen LogP contribution in [0, 0.1) is 0 Å². The van der Waals surface area contributed by atoms with Gasteiger partial charge in [0.1, 0.15) is 0 Å². The third-order valence-corrected chi connectivity index (χ3v) is 2.35. The van der Waals surface area contributed by atoms with E-state index in [1.807, 2.05) is 0 Å². The minimum Gasteiger partial charge on any atom is -0.344 e. The zero-order chi connectivity index (χ0) is 12.8. The van der Waals surface area contributed by atoms with Crippen LogP contribution in [-0.2, 0) is 9.59 Å². The lowest BCUT2D eigenvalue weighted by Gasteiger charge is -2.07. The van der Waals surface area contributed by atoms with E-state index in [0.717, 1.165) is 0 Å². The molecular weight excluding hydrogens is 263 g/mol. The summed E-state index contributed by atoms with van der Waals surface area (Å²) in [6.07, 6.45) is 1.47. The van der Waals surface area contributed by atoms with E-state index in [1.54, 1.807) is 6.07 Å². The van der Waals surface area contributed by atoms with E-state index >= 15 is 0 Å². The molecule has 0 aliphatic rings. The number of nitrogens with one attached hydrogen (secondary N) is 2. The summed E-state index contributed by atoms with van der Waals surface area (Å²) in [4.78, 5) is 22.7. The Hall–Kier alpha value is -1.52. The second kappa shape index (κ2) is 6.27. The van der Waals surface area contributed by atoms with E-state index in [0.29, 0.717) is 10.0 Å². The van der Waals surface area contributed by atoms with Gasteiger partial charge in [0.15, 0.2) is 0 Å². The van der Waals surface area contributed by atoms with Gasteiger partial charge in [0.25, 0.3) is 0 Å². The molecule has 0 aliphatic carbocycles. The average Bonchev–Trinajstić information content (AvgIpc) is 2.30. The predicted molar refractivity (Wildman–Crippen MR) is 68.3 cm³/mol. The topological polar surface area (TPSA) is 58.2 Å². The number of benzene rings is 1. The average molecular weight is 273 g/mol. The van der Waals surface area contributed by atoms with E-state index in [4.69, 9.17) is 23.2 Å². The summed E-state index contributed by atoms with van der Waals surface area (Å²) < 4.78 is 0. The van der Waals surface area contributed by atoms with Crippen LogP contribution in [0.15, 0.2) is 30.9 Å². The van der Waals surface area contributed by atoms with Crippen LogP contribution in [-0.4, -0.2) is 18.4 Å². The van der Waals surface area contributed by atoms with Gasteiger partial charge in [0.2, 0.25) is 0 Å². The molecule has 0 saturated heterocycles. The van der Waals surface area contributed by atoms with Crippen molar-refractivity contribution in [1.82, 2.24) is 5.32 Å². The van der Waals surface area contributed by atoms with Crippen LogP contribution >= 0.6 is 23.2 Å². The van der Waals surface area contributed by atoms with Crippen molar-refractivity contribution in [2.45, 2.75) is 0 Å². The van der Waals surface area contributed by atoms with Crippen molar-refractivity contribution < 1.29 is 9.59 Å². The molecule has 0 radical (unpaired) electrons. The second-order valence-electron chi connectivity index (χ2n) is 3.08. The zero-order valence-electron chi connectivity index (χ0n) is 8.80. The monoisotopic (exact) mass is 272 g/mol. The SMILES string of the molecule is C=CCNC(=O)C(=O)Nc1cc(Cl)ccc1Cl. The maximum Gasteiger partial charge on any atom is 0.313 e. The Labute approximate surface area is 109 Å². The Bertz CT molecular complexity index is 461. The Morgan fingerprint density at radius 2 is 2.00 bits per heavy atom. The number of hydrogen-bond acceptors (Lipinski definition) is 2. The van der Waals surface area contributed by atoms with Gasteiger partial charge in [0.05, 0.1) is 10.7 Å². The summed E-state index contributed by atoms with van der Waals surface area (Å²) in [5.41, 5.74) is 0.290. The molecule has 1 aromatic rings. The van der Waals surface area contributed by atoms with Crippen molar-refractivity contribution in [3.63, 3.8) is 0 Å². The third-order valence-electron chi connectivity index (χ3n) is 1.79. The van der Waals surface area contributed by atoms with E-state index in [-0.39, 0.29) is 12.2 Å². The number of carbonyl (C=O) groups excluding carboxylic acids is 2. The van der Waals surface area contributed by atoms with Crippen molar-refractivity contribution in [2.24, 2.45) is 0 Å². The highest BCUT2D eigenvalue weighted by molar-refractivity contribution is 6.42. The summed E-state index contributed by atoms with van der Waals surface area (Å²) in [6, 6.07) is 4.57. The predicted octanol–water partition coefficient (Wildman–Crippen LogP) is 2.23. The Morgan fingerprint density at radius 1 is 1.29 bits per heavy atom. The largest absolute Gasteiger partial charge is 0.344 e. The molecular formula is C11H10Cl2N2O2. The van der Waals surface area contributed by atoms with Crippen molar-refractivity contribution in [2.75, 3.05) is 11.9 Å². The van der Waals surface area contributed by atoms with Crippen LogP contribution < -0.4 is 10.6 Å². The van der Waals surface area contributed by atoms with Gasteiger partial charge in [-0.05, 0) is 18.2 Å². The molecule has 90 valence electrons. The molecule has 0 unspecified atom stereocenters. The summed E-state index contributed by atoms with van der Waals surface area (Å²) in [5, 5.41) is 5.42. The van der Waals surface area contributed by atoms with E-state index < -0.39 is 11.8 Å². The summed E-state index contributed by atoms with van der Waals surface area (Å²) >= 11 is 11.6. The molecule has 2 N–H and O–H groups in total. The van der Waals surface area contributed by atoms with Crippen LogP contribution in [0.3, 0.4) is 0 Å². The third kappa shape index (κ3) is 4.09. The van der Waals surface area contributed by atoms with Gasteiger partial charge in [0, 0.05) is 11.6 Å². The summed E-state index contributed by atoms with van der Waals surface area (Å²) in [5.74, 6) is -1.57. The van der Waals surface area contributed by atoms with E-state index in [1.165, 1.54) is 18.2 Å². The van der Waals surface area contributed by atoms with E-state index in [2.05, 4.69) is 17.2 Å². The molecule has 0 aliphatic heterocycles. The van der Waals surface area contributed by atoms with Gasteiger partial charge in [-0.1, -0.05) is 29.3 Å². The summed E-state index contributed by atoms with van der Waals surface area (Å²) in [7, 11) is 0. The van der Waals surface area contributed by atoms with Gasteiger partial charge in [-0.15, -0.1) is 6.58 Å². The fourth-order valence-electron chi connectivity index (χ4n) is 1.02. The molecule has 1 aromatic carbocycles. The lowest BCUT2D eigenvalue weighted by Crippen LogP contribution is -2.35. The molecule has 0 aromatic heterocycles. The molecule has 2 amide bonds. The molecule has 0 spiro atoms. The Balaban J connectivity index is 2.70. The smallest absolute Gasteiger partial charge is 0.313 e. The fourth-order valence-corrected chi connectivity index (χ4v) is 1.35. The van der Waals surface area contributed by atoms with Crippen molar-refractivity contribution in [1.29, 1.82) is 0 Å². The van der Waals surface area contributed by atoms with Gasteiger partial charge in [-0.25, -0.2) is 0 Å². The van der Waals surface area contributed by atoms with Crippen LogP contribution in [0.1, 0.15) is 0 Å². The quantitative estimate of drug-likeness (QED) is 0.655. The molecule has 0 saturated carbocycles. The Kier molecular flexibility index (Phi) is 5.00. The second-order valence-corrected chi connectivity index (χ2v) is 3.92. The van der Waals surface area contributed by atoms with Gasteiger partial charge in [-0.2, -0.15) is 0 Å². The van der Waals surface area contributed by atoms with Crippen LogP contribution in [0.5, 0.6) is 0 Å². The first-order chi connectivity index (χ1) is 8.04. The molecule has 0 heterocycles. The van der Waals surface area contributed by atoms with Gasteiger partial charge in [-0.3, -0.25) is 9.59 Å². The molecule has 0 atom stereocenters. The molecule has 4 nitrogen and oxygen atoms in total. The number of amides is 2. The molecule has 0 bridgehead atoms. The van der Waals surface area contributed by atoms with Crippen LogP contribution in [0.4, 0.5) is 5.69 Å². The standard InChI is InChI=1S/C11H10Cl2N2O2/c1-2-5-14-10(16)11(17)15-9-6-7(12)3-4-8(9)13/h2-4,6H,1,5H2,(H,14,16)(H,15,17). The fraction of sp³-hybridized carbons (Fsp3) is 0.0909. The lowest BCUT2D eigenvalue weighted by atomic mass is 10.3. The van der Waals surface area contributed by atoms with Crippen molar-refractivity contribution in [3.8, 4) is 0 Å². The first-order valence-corrected chi connectivity index (χ1v) is 5.45. The normalized spacial score (nSPS) is 9.53. The number of carbonyl (C=O) groups is 2. The van der Waals surface area contributed by atoms with Crippen molar-refractivity contribution >= 4 is 40.7 Å². The zero-order valence-corrected chi connectivity index (χ0v) is 10.3. The highest BCUT2D eigenvalue weighted by atomic mass is 35.5. The number of rotatable bonds is 3. The molecule has 6 heteroatoms. The first kappa shape index (κ1) is 13.5. The molecule has 0 fully saturated rings. The summed E-state index contributed by atoms with van der Waals surface area (Å²) in [6.45, 7) is 3.63. The van der Waals surface area contributed by atoms with Crippen LogP contribution in [0.2, 0.25) is 10.0 Å². The highest BCUT2D eigenvalue weighted by Crippen LogP contribution is 2.25. The van der Waals surface area contributed by atoms with E-state index in [9.17, 15) is 9.59 Å².